The third kappa shape index (κ3) is 2.60. The Morgan fingerprint density at radius 2 is 2.15 bits per heavy atom. The van der Waals surface area contributed by atoms with E-state index in [1.165, 1.54) is 6.42 Å². The molecule has 20 heavy (non-hydrogen) atoms. The van der Waals surface area contributed by atoms with Crippen molar-refractivity contribution in [3.8, 4) is 0 Å². The van der Waals surface area contributed by atoms with Gasteiger partial charge in [-0.25, -0.2) is 4.98 Å². The summed E-state index contributed by atoms with van der Waals surface area (Å²) in [7, 11) is 2.08. The largest absolute Gasteiger partial charge is 0.348 e. The Hall–Kier alpha value is -2.08. The van der Waals surface area contributed by atoms with Gasteiger partial charge in [0.1, 0.15) is 5.52 Å². The fraction of sp³-hybridized carbons (Fsp3) is 0.429. The molecular weight excluding hydrogens is 254 g/mol. The number of amides is 1. The van der Waals surface area contributed by atoms with Crippen LogP contribution in [0.3, 0.4) is 0 Å². The molecule has 1 atom stereocenters. The fourth-order valence-electron chi connectivity index (χ4n) is 2.50. The molecule has 1 fully saturated rings. The highest BCUT2D eigenvalue weighted by atomic mass is 16.2. The quantitative estimate of drug-likeness (QED) is 0.896. The van der Waals surface area contributed by atoms with E-state index in [2.05, 4.69) is 32.4 Å². The molecule has 1 aliphatic rings. The molecule has 1 amide bonds. The summed E-state index contributed by atoms with van der Waals surface area (Å²) in [6.07, 6.45) is 2.30. The second kappa shape index (κ2) is 5.50. The first-order chi connectivity index (χ1) is 9.74. The molecule has 104 valence electrons. The van der Waals surface area contributed by atoms with E-state index in [1.54, 1.807) is 0 Å². The molecule has 0 spiro atoms. The second-order valence-corrected chi connectivity index (χ2v) is 5.11. The topological polar surface area (TPSA) is 71.0 Å². The maximum atomic E-state index is 12.1. The fourth-order valence-corrected chi connectivity index (χ4v) is 2.50. The van der Waals surface area contributed by atoms with Crippen molar-refractivity contribution in [3.63, 3.8) is 0 Å². The van der Waals surface area contributed by atoms with E-state index in [1.807, 2.05) is 24.3 Å². The number of rotatable bonds is 3. The Bertz CT molecular complexity index is 630. The predicted molar refractivity (Wildman–Crippen MR) is 75.3 cm³/mol. The number of hydrogen-bond donors (Lipinski definition) is 1. The number of aromatic nitrogens is 3. The first kappa shape index (κ1) is 12.9. The summed E-state index contributed by atoms with van der Waals surface area (Å²) in [6.45, 7) is 1.72. The van der Waals surface area contributed by atoms with Gasteiger partial charge in [0.25, 0.3) is 5.91 Å². The standard InChI is InChI=1S/C14H17N5O/c1-19-8-4-5-10(19)9-15-14(20)13-16-11-6-2-3-7-12(11)17-18-13/h2-3,6-7,10H,4-5,8-9H2,1H3,(H,15,20)/t10-/m1/s1. The van der Waals surface area contributed by atoms with Gasteiger partial charge in [-0.3, -0.25) is 4.79 Å². The molecular formula is C14H17N5O. The van der Waals surface area contributed by atoms with Crippen molar-refractivity contribution >= 4 is 16.9 Å². The minimum absolute atomic E-state index is 0.129. The molecule has 1 aliphatic heterocycles. The molecule has 6 heteroatoms. The Kier molecular flexibility index (Phi) is 3.56. The zero-order valence-electron chi connectivity index (χ0n) is 11.4. The molecule has 0 bridgehead atoms. The summed E-state index contributed by atoms with van der Waals surface area (Å²) in [5.41, 5.74) is 1.38. The van der Waals surface area contributed by atoms with Gasteiger partial charge in [-0.05, 0) is 38.6 Å². The van der Waals surface area contributed by atoms with Crippen LogP contribution < -0.4 is 5.32 Å². The number of fused-ring (bicyclic) bond motifs is 1. The summed E-state index contributed by atoms with van der Waals surface area (Å²) in [5.74, 6) is -0.132. The van der Waals surface area contributed by atoms with Gasteiger partial charge >= 0.3 is 0 Å². The van der Waals surface area contributed by atoms with Crippen molar-refractivity contribution in [2.24, 2.45) is 0 Å². The van der Waals surface area contributed by atoms with E-state index in [0.29, 0.717) is 23.6 Å². The van der Waals surface area contributed by atoms with Gasteiger partial charge in [0.15, 0.2) is 0 Å². The van der Waals surface area contributed by atoms with Crippen molar-refractivity contribution in [2.45, 2.75) is 18.9 Å². The van der Waals surface area contributed by atoms with Crippen LogP contribution >= 0.6 is 0 Å². The van der Waals surface area contributed by atoms with Crippen LogP contribution in [0.25, 0.3) is 11.0 Å². The van der Waals surface area contributed by atoms with Crippen LogP contribution in [-0.4, -0.2) is 52.2 Å². The molecule has 1 aromatic heterocycles. The smallest absolute Gasteiger partial charge is 0.291 e. The maximum Gasteiger partial charge on any atom is 0.291 e. The Labute approximate surface area is 117 Å². The summed E-state index contributed by atoms with van der Waals surface area (Å²) in [4.78, 5) is 18.6. The molecule has 2 heterocycles. The zero-order chi connectivity index (χ0) is 13.9. The lowest BCUT2D eigenvalue weighted by molar-refractivity contribution is 0.0932. The highest BCUT2D eigenvalue weighted by Crippen LogP contribution is 2.13. The van der Waals surface area contributed by atoms with E-state index in [9.17, 15) is 4.79 Å². The lowest BCUT2D eigenvalue weighted by Crippen LogP contribution is -2.38. The molecule has 0 saturated carbocycles. The van der Waals surface area contributed by atoms with Gasteiger partial charge < -0.3 is 10.2 Å². The number of carbonyl (C=O) groups is 1. The number of benzene rings is 1. The van der Waals surface area contributed by atoms with Crippen LogP contribution in [0.2, 0.25) is 0 Å². The second-order valence-electron chi connectivity index (χ2n) is 5.11. The highest BCUT2D eigenvalue weighted by molar-refractivity contribution is 5.91. The lowest BCUT2D eigenvalue weighted by Gasteiger charge is -2.19. The predicted octanol–water partition coefficient (Wildman–Crippen LogP) is 0.849. The number of para-hydroxylation sites is 1. The molecule has 0 unspecified atom stereocenters. The Balaban J connectivity index is 1.69. The van der Waals surface area contributed by atoms with Crippen molar-refractivity contribution in [2.75, 3.05) is 20.1 Å². The number of likely N-dealkylation sites (tertiary alicyclic amines) is 1. The van der Waals surface area contributed by atoms with Crippen molar-refractivity contribution in [3.05, 3.63) is 30.1 Å². The van der Waals surface area contributed by atoms with Crippen LogP contribution in [0.5, 0.6) is 0 Å². The molecule has 0 aliphatic carbocycles. The van der Waals surface area contributed by atoms with Crippen LogP contribution in [0.1, 0.15) is 23.5 Å². The zero-order valence-corrected chi connectivity index (χ0v) is 11.4. The van der Waals surface area contributed by atoms with Gasteiger partial charge in [0.05, 0.1) is 5.52 Å². The van der Waals surface area contributed by atoms with E-state index in [0.717, 1.165) is 13.0 Å². The summed E-state index contributed by atoms with van der Waals surface area (Å²) < 4.78 is 0. The first-order valence-corrected chi connectivity index (χ1v) is 6.82. The third-order valence-electron chi connectivity index (χ3n) is 3.73. The number of hydrogen-bond acceptors (Lipinski definition) is 5. The van der Waals surface area contributed by atoms with E-state index < -0.39 is 0 Å². The Morgan fingerprint density at radius 1 is 1.35 bits per heavy atom. The van der Waals surface area contributed by atoms with Crippen LogP contribution in [0.15, 0.2) is 24.3 Å². The third-order valence-corrected chi connectivity index (χ3v) is 3.73. The highest BCUT2D eigenvalue weighted by Gasteiger charge is 2.22. The van der Waals surface area contributed by atoms with Gasteiger partial charge in [0, 0.05) is 12.6 Å². The number of likely N-dealkylation sites (N-methyl/N-ethyl adjacent to an activating group) is 1. The normalized spacial score (nSPS) is 19.4. The minimum atomic E-state index is -0.261. The summed E-state index contributed by atoms with van der Waals surface area (Å²) in [6, 6.07) is 7.80. The molecule has 1 saturated heterocycles. The van der Waals surface area contributed by atoms with Gasteiger partial charge in [0.2, 0.25) is 5.82 Å². The number of nitrogens with zero attached hydrogens (tertiary/aromatic N) is 4. The van der Waals surface area contributed by atoms with Crippen molar-refractivity contribution in [1.29, 1.82) is 0 Å². The summed E-state index contributed by atoms with van der Waals surface area (Å²) >= 11 is 0. The number of nitrogens with one attached hydrogen (secondary N) is 1. The molecule has 0 radical (unpaired) electrons. The van der Waals surface area contributed by atoms with Crippen LogP contribution in [-0.2, 0) is 0 Å². The maximum absolute atomic E-state index is 12.1. The number of carbonyl (C=O) groups excluding carboxylic acids is 1. The van der Waals surface area contributed by atoms with Crippen LogP contribution in [0.4, 0.5) is 0 Å². The average Bonchev–Trinajstić information content (AvgIpc) is 2.89. The van der Waals surface area contributed by atoms with Crippen molar-refractivity contribution < 1.29 is 4.79 Å². The average molecular weight is 271 g/mol. The molecule has 3 rings (SSSR count). The van der Waals surface area contributed by atoms with Crippen molar-refractivity contribution in [1.82, 2.24) is 25.4 Å². The SMILES string of the molecule is CN1CCC[C@@H]1CNC(=O)c1nnc2ccccc2n1. The Morgan fingerprint density at radius 3 is 2.90 bits per heavy atom. The minimum Gasteiger partial charge on any atom is -0.348 e. The lowest BCUT2D eigenvalue weighted by atomic mass is 10.2. The molecule has 2 aromatic rings. The molecule has 1 aromatic carbocycles. The first-order valence-electron chi connectivity index (χ1n) is 6.82. The van der Waals surface area contributed by atoms with E-state index in [4.69, 9.17) is 0 Å². The molecule has 6 nitrogen and oxygen atoms in total. The van der Waals surface area contributed by atoms with Crippen LogP contribution in [0, 0.1) is 0 Å². The van der Waals surface area contributed by atoms with Gasteiger partial charge in [-0.1, -0.05) is 12.1 Å². The van der Waals surface area contributed by atoms with E-state index in [-0.39, 0.29) is 11.7 Å². The van der Waals surface area contributed by atoms with E-state index >= 15 is 0 Å². The summed E-state index contributed by atoms with van der Waals surface area (Å²) in [5, 5.41) is 10.8. The molecule has 1 N–H and O–H groups in total. The van der Waals surface area contributed by atoms with Gasteiger partial charge in [-0.15, -0.1) is 10.2 Å². The van der Waals surface area contributed by atoms with Gasteiger partial charge in [-0.2, -0.15) is 0 Å². The monoisotopic (exact) mass is 271 g/mol.